The molecule has 1 aromatic carbocycles. The monoisotopic (exact) mass is 319 g/mol. The van der Waals surface area contributed by atoms with Crippen molar-refractivity contribution in [2.45, 2.75) is 13.0 Å². The lowest BCUT2D eigenvalue weighted by Crippen LogP contribution is -2.35. The Hall–Kier alpha value is -3.15. The number of anilines is 2. The minimum atomic E-state index is 0.0231. The summed E-state index contributed by atoms with van der Waals surface area (Å²) in [6, 6.07) is 13.4. The summed E-state index contributed by atoms with van der Waals surface area (Å²) in [6.07, 6.45) is 4.06. The topological polar surface area (TPSA) is 73.9 Å². The summed E-state index contributed by atoms with van der Waals surface area (Å²) in [5, 5.41) is 10.8. The maximum atomic E-state index is 12.6. The fourth-order valence-corrected chi connectivity index (χ4v) is 2.91. The Morgan fingerprint density at radius 1 is 1.12 bits per heavy atom. The molecule has 6 nitrogen and oxygen atoms in total. The van der Waals surface area contributed by atoms with E-state index in [4.69, 9.17) is 0 Å². The van der Waals surface area contributed by atoms with Crippen molar-refractivity contribution in [3.8, 4) is 0 Å². The van der Waals surface area contributed by atoms with Crippen LogP contribution >= 0.6 is 0 Å². The largest absolute Gasteiger partial charge is 0.338 e. The number of carbonyl (C=O) groups is 1. The van der Waals surface area contributed by atoms with Gasteiger partial charge in [0.15, 0.2) is 5.82 Å². The van der Waals surface area contributed by atoms with Gasteiger partial charge in [-0.25, -0.2) is 0 Å². The van der Waals surface area contributed by atoms with Crippen molar-refractivity contribution in [2.75, 3.05) is 11.9 Å². The van der Waals surface area contributed by atoms with Crippen molar-refractivity contribution in [3.05, 3.63) is 71.7 Å². The van der Waals surface area contributed by atoms with Crippen LogP contribution in [-0.2, 0) is 13.0 Å². The van der Waals surface area contributed by atoms with Gasteiger partial charge in [0.05, 0.1) is 6.54 Å². The standard InChI is InChI=1S/C18H17N5O/c24-18(13-6-9-19-10-7-13)23-11-8-16-15(12-23)17(22-21-16)20-14-4-2-1-3-5-14/h1-7,9-10H,8,11-12H2,(H2,20,21,22). The molecule has 1 aliphatic heterocycles. The van der Waals surface area contributed by atoms with Crippen molar-refractivity contribution < 1.29 is 4.79 Å². The number of hydrogen-bond donors (Lipinski definition) is 2. The second-order valence-electron chi connectivity index (χ2n) is 5.73. The van der Waals surface area contributed by atoms with Crippen LogP contribution in [0.3, 0.4) is 0 Å². The highest BCUT2D eigenvalue weighted by atomic mass is 16.2. The summed E-state index contributed by atoms with van der Waals surface area (Å²) < 4.78 is 0. The van der Waals surface area contributed by atoms with Crippen LogP contribution in [0.4, 0.5) is 11.5 Å². The van der Waals surface area contributed by atoms with Gasteiger partial charge in [-0.1, -0.05) is 18.2 Å². The average molecular weight is 319 g/mol. The number of nitrogens with one attached hydrogen (secondary N) is 2. The highest BCUT2D eigenvalue weighted by molar-refractivity contribution is 5.94. The van der Waals surface area contributed by atoms with Gasteiger partial charge in [0.1, 0.15) is 0 Å². The smallest absolute Gasteiger partial charge is 0.254 e. The Bertz CT molecular complexity index is 844. The van der Waals surface area contributed by atoms with Gasteiger partial charge < -0.3 is 10.2 Å². The number of benzene rings is 1. The number of fused-ring (bicyclic) bond motifs is 1. The van der Waals surface area contributed by atoms with Gasteiger partial charge in [-0.15, -0.1) is 0 Å². The predicted octanol–water partition coefficient (Wildman–Crippen LogP) is 2.75. The minimum Gasteiger partial charge on any atom is -0.338 e. The molecular formula is C18H17N5O. The first kappa shape index (κ1) is 14.4. The van der Waals surface area contributed by atoms with Crippen molar-refractivity contribution in [1.29, 1.82) is 0 Å². The molecule has 0 radical (unpaired) electrons. The SMILES string of the molecule is O=C(c1ccncc1)N1CCc2[nH]nc(Nc3ccccc3)c2C1. The Morgan fingerprint density at radius 2 is 1.92 bits per heavy atom. The average Bonchev–Trinajstić information content (AvgIpc) is 3.05. The van der Waals surface area contributed by atoms with Crippen LogP contribution in [0.15, 0.2) is 54.9 Å². The van der Waals surface area contributed by atoms with E-state index >= 15 is 0 Å². The van der Waals surface area contributed by atoms with E-state index < -0.39 is 0 Å². The third-order valence-electron chi connectivity index (χ3n) is 4.18. The first-order chi connectivity index (χ1) is 11.8. The van der Waals surface area contributed by atoms with E-state index in [-0.39, 0.29) is 5.91 Å². The zero-order valence-electron chi connectivity index (χ0n) is 13.1. The number of aromatic amines is 1. The summed E-state index contributed by atoms with van der Waals surface area (Å²) in [6.45, 7) is 1.23. The molecule has 24 heavy (non-hydrogen) atoms. The van der Waals surface area contributed by atoms with Crippen molar-refractivity contribution in [1.82, 2.24) is 20.1 Å². The Labute approximate surface area is 139 Å². The van der Waals surface area contributed by atoms with E-state index in [0.717, 1.165) is 29.2 Å². The molecule has 2 aromatic heterocycles. The number of aromatic nitrogens is 3. The summed E-state index contributed by atoms with van der Waals surface area (Å²) >= 11 is 0. The first-order valence-electron chi connectivity index (χ1n) is 7.89. The molecule has 3 aromatic rings. The van der Waals surface area contributed by atoms with Gasteiger partial charge in [0.2, 0.25) is 0 Å². The normalized spacial score (nSPS) is 13.4. The molecule has 6 heteroatoms. The fraction of sp³-hybridized carbons (Fsp3) is 0.167. The van der Waals surface area contributed by atoms with Gasteiger partial charge in [0, 0.05) is 47.9 Å². The van der Waals surface area contributed by atoms with Crippen LogP contribution in [0, 0.1) is 0 Å². The van der Waals surface area contributed by atoms with Gasteiger partial charge in [0.25, 0.3) is 5.91 Å². The first-order valence-corrected chi connectivity index (χ1v) is 7.89. The summed E-state index contributed by atoms with van der Waals surface area (Å²) in [5.41, 5.74) is 3.78. The summed E-state index contributed by atoms with van der Waals surface area (Å²) in [5.74, 6) is 0.804. The van der Waals surface area contributed by atoms with Gasteiger partial charge in [-0.3, -0.25) is 14.9 Å². The molecule has 120 valence electrons. The van der Waals surface area contributed by atoms with Gasteiger partial charge in [-0.05, 0) is 24.3 Å². The fourth-order valence-electron chi connectivity index (χ4n) is 2.91. The van der Waals surface area contributed by atoms with Crippen LogP contribution in [0.5, 0.6) is 0 Å². The van der Waals surface area contributed by atoms with Crippen LogP contribution in [-0.4, -0.2) is 32.5 Å². The molecule has 4 rings (SSSR count). The third kappa shape index (κ3) is 2.74. The number of amides is 1. The van der Waals surface area contributed by atoms with Crippen LogP contribution in [0.1, 0.15) is 21.6 Å². The summed E-state index contributed by atoms with van der Waals surface area (Å²) in [7, 11) is 0. The number of rotatable bonds is 3. The maximum absolute atomic E-state index is 12.6. The molecule has 0 atom stereocenters. The third-order valence-corrected chi connectivity index (χ3v) is 4.18. The lowest BCUT2D eigenvalue weighted by molar-refractivity contribution is 0.0734. The molecule has 0 aliphatic carbocycles. The minimum absolute atomic E-state index is 0.0231. The Morgan fingerprint density at radius 3 is 2.71 bits per heavy atom. The van der Waals surface area contributed by atoms with Crippen LogP contribution < -0.4 is 5.32 Å². The maximum Gasteiger partial charge on any atom is 0.254 e. The van der Waals surface area contributed by atoms with Gasteiger partial charge >= 0.3 is 0 Å². The van der Waals surface area contributed by atoms with Crippen LogP contribution in [0.25, 0.3) is 0 Å². The summed E-state index contributed by atoms with van der Waals surface area (Å²) in [4.78, 5) is 18.5. The van der Waals surface area contributed by atoms with Crippen molar-refractivity contribution in [2.24, 2.45) is 0 Å². The van der Waals surface area contributed by atoms with Crippen LogP contribution in [0.2, 0.25) is 0 Å². The number of pyridine rings is 1. The second kappa shape index (κ2) is 6.16. The van der Waals surface area contributed by atoms with E-state index in [2.05, 4.69) is 20.5 Å². The molecule has 2 N–H and O–H groups in total. The number of carbonyl (C=O) groups excluding carboxylic acids is 1. The number of nitrogens with zero attached hydrogens (tertiary/aromatic N) is 3. The van der Waals surface area contributed by atoms with E-state index in [1.165, 1.54) is 0 Å². The molecule has 0 saturated carbocycles. The Balaban J connectivity index is 1.56. The lowest BCUT2D eigenvalue weighted by Gasteiger charge is -2.27. The van der Waals surface area contributed by atoms with Crippen molar-refractivity contribution >= 4 is 17.4 Å². The van der Waals surface area contributed by atoms with Crippen molar-refractivity contribution in [3.63, 3.8) is 0 Å². The van der Waals surface area contributed by atoms with E-state index in [9.17, 15) is 4.79 Å². The van der Waals surface area contributed by atoms with Gasteiger partial charge in [-0.2, -0.15) is 5.10 Å². The molecule has 0 unspecified atom stereocenters. The molecule has 0 spiro atoms. The zero-order chi connectivity index (χ0) is 16.4. The molecular weight excluding hydrogens is 302 g/mol. The lowest BCUT2D eigenvalue weighted by atomic mass is 10.1. The number of H-pyrrole nitrogens is 1. The predicted molar refractivity (Wildman–Crippen MR) is 91.0 cm³/mol. The quantitative estimate of drug-likeness (QED) is 0.778. The molecule has 0 bridgehead atoms. The molecule has 1 aliphatic rings. The zero-order valence-corrected chi connectivity index (χ0v) is 13.1. The Kier molecular flexibility index (Phi) is 3.70. The number of para-hydroxylation sites is 1. The number of hydrogen-bond acceptors (Lipinski definition) is 4. The van der Waals surface area contributed by atoms with E-state index in [0.29, 0.717) is 18.7 Å². The highest BCUT2D eigenvalue weighted by Crippen LogP contribution is 2.27. The molecule has 1 amide bonds. The molecule has 0 saturated heterocycles. The second-order valence-corrected chi connectivity index (χ2v) is 5.73. The van der Waals surface area contributed by atoms with E-state index in [1.807, 2.05) is 35.2 Å². The molecule has 0 fully saturated rings. The van der Waals surface area contributed by atoms with E-state index in [1.54, 1.807) is 24.5 Å². The highest BCUT2D eigenvalue weighted by Gasteiger charge is 2.25. The molecule has 3 heterocycles.